The van der Waals surface area contributed by atoms with Gasteiger partial charge >= 0.3 is 5.97 Å². The first kappa shape index (κ1) is 17.2. The van der Waals surface area contributed by atoms with Crippen molar-refractivity contribution in [3.63, 3.8) is 0 Å². The van der Waals surface area contributed by atoms with E-state index in [0.29, 0.717) is 12.3 Å². The number of anilines is 1. The lowest BCUT2D eigenvalue weighted by Crippen LogP contribution is -2.28. The highest BCUT2D eigenvalue weighted by Crippen LogP contribution is 2.31. The minimum absolute atomic E-state index is 0.0280. The number of ether oxygens (including phenoxy) is 1. The molecule has 0 saturated carbocycles. The van der Waals surface area contributed by atoms with Crippen LogP contribution in [0.1, 0.15) is 28.7 Å². The third-order valence-corrected chi connectivity index (χ3v) is 4.58. The van der Waals surface area contributed by atoms with Crippen molar-refractivity contribution in [1.82, 2.24) is 0 Å². The van der Waals surface area contributed by atoms with E-state index in [9.17, 15) is 9.59 Å². The summed E-state index contributed by atoms with van der Waals surface area (Å²) in [6, 6.07) is 11.6. The Balaban J connectivity index is 1.77. The molecule has 1 saturated heterocycles. The van der Waals surface area contributed by atoms with Crippen molar-refractivity contribution in [2.45, 2.75) is 34.1 Å². The Kier molecular flexibility index (Phi) is 4.62. The van der Waals surface area contributed by atoms with E-state index in [0.717, 1.165) is 27.9 Å². The Hall–Kier alpha value is -2.62. The number of amides is 1. The molecule has 0 N–H and O–H groups in total. The summed E-state index contributed by atoms with van der Waals surface area (Å²) in [4.78, 5) is 26.7. The van der Waals surface area contributed by atoms with Crippen molar-refractivity contribution in [2.75, 3.05) is 11.4 Å². The number of carbonyl (C=O) groups is 2. The van der Waals surface area contributed by atoms with Crippen LogP contribution in [0.5, 0.6) is 5.75 Å². The highest BCUT2D eigenvalue weighted by atomic mass is 16.5. The van der Waals surface area contributed by atoms with E-state index in [-0.39, 0.29) is 18.3 Å². The SMILES string of the molecule is Cc1cc(C)cc(OC(=O)[C@@H]2CC(=O)N(c3c(C)cccc3C)C2)c1. The molecule has 0 bridgehead atoms. The predicted molar refractivity (Wildman–Crippen MR) is 97.9 cm³/mol. The highest BCUT2D eigenvalue weighted by Gasteiger charge is 2.37. The van der Waals surface area contributed by atoms with Crippen LogP contribution in [-0.4, -0.2) is 18.4 Å². The third kappa shape index (κ3) is 3.58. The first-order valence-electron chi connectivity index (χ1n) is 8.51. The molecule has 2 aromatic carbocycles. The van der Waals surface area contributed by atoms with Gasteiger partial charge in [-0.2, -0.15) is 0 Å². The van der Waals surface area contributed by atoms with Gasteiger partial charge in [-0.1, -0.05) is 24.3 Å². The number of para-hydroxylation sites is 1. The van der Waals surface area contributed by atoms with Crippen LogP contribution in [0.25, 0.3) is 0 Å². The molecule has 25 heavy (non-hydrogen) atoms. The minimum Gasteiger partial charge on any atom is -0.426 e. The highest BCUT2D eigenvalue weighted by molar-refractivity contribution is 6.00. The van der Waals surface area contributed by atoms with Crippen LogP contribution in [0, 0.1) is 33.6 Å². The van der Waals surface area contributed by atoms with Crippen molar-refractivity contribution in [1.29, 1.82) is 0 Å². The number of nitrogens with zero attached hydrogens (tertiary/aromatic N) is 1. The molecule has 4 nitrogen and oxygen atoms in total. The summed E-state index contributed by atoms with van der Waals surface area (Å²) >= 11 is 0. The van der Waals surface area contributed by atoms with Crippen LogP contribution >= 0.6 is 0 Å². The molecule has 130 valence electrons. The maximum absolute atomic E-state index is 12.5. The number of benzene rings is 2. The molecule has 0 aromatic heterocycles. The number of hydrogen-bond acceptors (Lipinski definition) is 3. The number of carbonyl (C=O) groups excluding carboxylic acids is 2. The fourth-order valence-electron chi connectivity index (χ4n) is 3.50. The standard InChI is InChI=1S/C21H23NO3/c1-13-8-14(2)10-18(9-13)25-21(24)17-11-19(23)22(12-17)20-15(3)6-5-7-16(20)4/h5-10,17H,11-12H2,1-4H3/t17-/m1/s1. The third-order valence-electron chi connectivity index (χ3n) is 4.58. The van der Waals surface area contributed by atoms with Gasteiger partial charge in [-0.15, -0.1) is 0 Å². The molecule has 1 aliphatic rings. The molecule has 1 atom stereocenters. The minimum atomic E-state index is -0.438. The monoisotopic (exact) mass is 337 g/mol. The maximum Gasteiger partial charge on any atom is 0.316 e. The topological polar surface area (TPSA) is 46.6 Å². The largest absolute Gasteiger partial charge is 0.426 e. The molecule has 1 heterocycles. The first-order valence-corrected chi connectivity index (χ1v) is 8.51. The maximum atomic E-state index is 12.5. The summed E-state index contributed by atoms with van der Waals surface area (Å²) in [5.41, 5.74) is 5.08. The van der Waals surface area contributed by atoms with Crippen LogP contribution < -0.4 is 9.64 Å². The van der Waals surface area contributed by atoms with E-state index in [1.807, 2.05) is 64.1 Å². The Labute approximate surface area is 148 Å². The second-order valence-corrected chi connectivity index (χ2v) is 6.89. The summed E-state index contributed by atoms with van der Waals surface area (Å²) < 4.78 is 5.54. The van der Waals surface area contributed by atoms with Crippen molar-refractivity contribution in [3.8, 4) is 5.75 Å². The molecule has 2 aromatic rings. The number of rotatable bonds is 3. The van der Waals surface area contributed by atoms with E-state index in [2.05, 4.69) is 0 Å². The molecule has 1 fully saturated rings. The molecular formula is C21H23NO3. The lowest BCUT2D eigenvalue weighted by molar-refractivity contribution is -0.139. The molecule has 0 aliphatic carbocycles. The summed E-state index contributed by atoms with van der Waals surface area (Å²) in [5.74, 6) is -0.264. The van der Waals surface area contributed by atoms with Gasteiger partial charge in [0.25, 0.3) is 0 Å². The van der Waals surface area contributed by atoms with Crippen LogP contribution in [0.3, 0.4) is 0 Å². The average molecular weight is 337 g/mol. The van der Waals surface area contributed by atoms with Crippen LogP contribution in [0.15, 0.2) is 36.4 Å². The second-order valence-electron chi connectivity index (χ2n) is 6.89. The quantitative estimate of drug-likeness (QED) is 0.631. The smallest absolute Gasteiger partial charge is 0.316 e. The van der Waals surface area contributed by atoms with Crippen LogP contribution in [0.4, 0.5) is 5.69 Å². The summed E-state index contributed by atoms with van der Waals surface area (Å²) in [5, 5.41) is 0. The van der Waals surface area contributed by atoms with Gasteiger partial charge in [0.1, 0.15) is 5.75 Å². The number of aryl methyl sites for hydroxylation is 4. The zero-order chi connectivity index (χ0) is 18.1. The van der Waals surface area contributed by atoms with E-state index >= 15 is 0 Å². The molecule has 0 radical (unpaired) electrons. The molecular weight excluding hydrogens is 314 g/mol. The zero-order valence-corrected chi connectivity index (χ0v) is 15.1. The average Bonchev–Trinajstić information content (AvgIpc) is 2.88. The Morgan fingerprint density at radius 3 is 2.24 bits per heavy atom. The lowest BCUT2D eigenvalue weighted by atomic mass is 10.1. The fourth-order valence-corrected chi connectivity index (χ4v) is 3.50. The van der Waals surface area contributed by atoms with Crippen molar-refractivity contribution < 1.29 is 14.3 Å². The van der Waals surface area contributed by atoms with Crippen LogP contribution in [-0.2, 0) is 9.59 Å². The van der Waals surface area contributed by atoms with E-state index in [4.69, 9.17) is 4.74 Å². The van der Waals surface area contributed by atoms with Gasteiger partial charge in [0, 0.05) is 18.7 Å². The normalized spacial score (nSPS) is 17.0. The Morgan fingerprint density at radius 2 is 1.64 bits per heavy atom. The number of hydrogen-bond donors (Lipinski definition) is 0. The molecule has 0 spiro atoms. The van der Waals surface area contributed by atoms with Crippen molar-refractivity contribution in [3.05, 3.63) is 58.7 Å². The second kappa shape index (κ2) is 6.71. The number of esters is 1. The van der Waals surface area contributed by atoms with Gasteiger partial charge < -0.3 is 9.64 Å². The predicted octanol–water partition coefficient (Wildman–Crippen LogP) is 3.88. The van der Waals surface area contributed by atoms with E-state index in [1.54, 1.807) is 4.90 Å². The van der Waals surface area contributed by atoms with Gasteiger partial charge in [-0.25, -0.2) is 0 Å². The summed E-state index contributed by atoms with van der Waals surface area (Å²) in [6.07, 6.45) is 0.192. The van der Waals surface area contributed by atoms with Gasteiger partial charge in [0.15, 0.2) is 0 Å². The Bertz CT molecular complexity index is 801. The molecule has 1 aliphatic heterocycles. The lowest BCUT2D eigenvalue weighted by Gasteiger charge is -2.21. The molecule has 0 unspecified atom stereocenters. The molecule has 4 heteroatoms. The van der Waals surface area contributed by atoms with Gasteiger partial charge in [-0.05, 0) is 62.1 Å². The fraction of sp³-hybridized carbons (Fsp3) is 0.333. The van der Waals surface area contributed by atoms with Gasteiger partial charge in [-0.3, -0.25) is 9.59 Å². The zero-order valence-electron chi connectivity index (χ0n) is 15.1. The summed E-state index contributed by atoms with van der Waals surface area (Å²) in [6.45, 7) is 8.26. The van der Waals surface area contributed by atoms with Gasteiger partial charge in [0.2, 0.25) is 5.91 Å². The molecule has 1 amide bonds. The first-order chi connectivity index (χ1) is 11.8. The summed E-state index contributed by atoms with van der Waals surface area (Å²) in [7, 11) is 0. The van der Waals surface area contributed by atoms with Crippen LogP contribution in [0.2, 0.25) is 0 Å². The molecule has 3 rings (SSSR count). The van der Waals surface area contributed by atoms with E-state index in [1.165, 1.54) is 0 Å². The van der Waals surface area contributed by atoms with Crippen molar-refractivity contribution in [2.24, 2.45) is 5.92 Å². The Morgan fingerprint density at radius 1 is 1.04 bits per heavy atom. The van der Waals surface area contributed by atoms with Gasteiger partial charge in [0.05, 0.1) is 5.92 Å². The van der Waals surface area contributed by atoms with Crippen molar-refractivity contribution >= 4 is 17.6 Å². The van der Waals surface area contributed by atoms with E-state index < -0.39 is 5.92 Å².